The van der Waals surface area contributed by atoms with Crippen LogP contribution in [0.4, 0.5) is 5.69 Å². The molecule has 0 atom stereocenters. The van der Waals surface area contributed by atoms with Gasteiger partial charge in [-0.2, -0.15) is 0 Å². The number of nitrogens with zero attached hydrogens (tertiary/aromatic N) is 1. The van der Waals surface area contributed by atoms with Crippen LogP contribution in [0.3, 0.4) is 0 Å². The van der Waals surface area contributed by atoms with Gasteiger partial charge in [-0.15, -0.1) is 6.42 Å². The number of aryl methyl sites for hydroxylation is 1. The van der Waals surface area contributed by atoms with Gasteiger partial charge in [0.15, 0.2) is 0 Å². The first-order valence-electron chi connectivity index (χ1n) is 8.15. The van der Waals surface area contributed by atoms with Crippen LogP contribution in [0.5, 0.6) is 0 Å². The first kappa shape index (κ1) is 19.3. The molecular formula is C22H25NO. The lowest BCUT2D eigenvalue weighted by Gasteiger charge is -2.27. The van der Waals surface area contributed by atoms with Crippen molar-refractivity contribution >= 4 is 12.0 Å². The normalized spacial score (nSPS) is 12.6. The fourth-order valence-electron chi connectivity index (χ4n) is 2.28. The number of rotatable bonds is 8. The molecule has 24 heavy (non-hydrogen) atoms. The summed E-state index contributed by atoms with van der Waals surface area (Å²) in [5.74, 6) is 2.78. The topological polar surface area (TPSA) is 20.3 Å². The number of carbonyl (C=O) groups excluding carboxylic acids is 1. The molecule has 0 radical (unpaired) electrons. The average Bonchev–Trinajstić information content (AvgIpc) is 2.59. The Labute approximate surface area is 145 Å². The van der Waals surface area contributed by atoms with Crippen molar-refractivity contribution in [3.63, 3.8) is 0 Å². The summed E-state index contributed by atoms with van der Waals surface area (Å²) in [6.07, 6.45) is 19.6. The highest BCUT2D eigenvalue weighted by molar-refractivity contribution is 5.67. The van der Waals surface area contributed by atoms with Crippen molar-refractivity contribution in [1.29, 1.82) is 0 Å². The number of allylic oxidation sites excluding steroid dienone is 7. The van der Waals surface area contributed by atoms with Crippen molar-refractivity contribution in [2.24, 2.45) is 0 Å². The van der Waals surface area contributed by atoms with Gasteiger partial charge >= 0.3 is 0 Å². The number of hydrogen-bond donors (Lipinski definition) is 0. The standard InChI is InChI=1S/C22H25NO/c1-5-8-15-20(7-3)23(22-17-10-9-14-19(22)4)21(13-6-2)16-11-12-18-24/h3,5,8-11,13-18H,6,12H2,1-2,4H3/b8-5-,16-11-,20-15+,21-13+. The second-order valence-corrected chi connectivity index (χ2v) is 5.19. The SMILES string of the molecule is C#C/C(=C\C=C/C)N(C(/C=C\CC=O)=C/CC)c1ccccc1C. The van der Waals surface area contributed by atoms with E-state index in [4.69, 9.17) is 6.42 Å². The predicted octanol–water partition coefficient (Wildman–Crippen LogP) is 5.33. The molecule has 2 nitrogen and oxygen atoms in total. The summed E-state index contributed by atoms with van der Waals surface area (Å²) in [7, 11) is 0. The monoisotopic (exact) mass is 319 g/mol. The van der Waals surface area contributed by atoms with E-state index >= 15 is 0 Å². The second-order valence-electron chi connectivity index (χ2n) is 5.19. The first-order valence-corrected chi connectivity index (χ1v) is 8.15. The molecule has 0 amide bonds. The molecule has 0 aliphatic rings. The van der Waals surface area contributed by atoms with E-state index in [9.17, 15) is 4.79 Å². The van der Waals surface area contributed by atoms with Gasteiger partial charge in [-0.1, -0.05) is 55.3 Å². The average molecular weight is 319 g/mol. The van der Waals surface area contributed by atoms with Gasteiger partial charge < -0.3 is 9.69 Å². The minimum absolute atomic E-state index is 0.382. The summed E-state index contributed by atoms with van der Waals surface area (Å²) in [6.45, 7) is 6.09. The zero-order valence-electron chi connectivity index (χ0n) is 14.7. The van der Waals surface area contributed by atoms with Crippen molar-refractivity contribution in [1.82, 2.24) is 0 Å². The fraction of sp³-hybridized carbons (Fsp3) is 0.227. The number of carbonyl (C=O) groups is 1. The number of terminal acetylenes is 1. The molecule has 2 heteroatoms. The number of aldehydes is 1. The van der Waals surface area contributed by atoms with E-state index in [-0.39, 0.29) is 0 Å². The van der Waals surface area contributed by atoms with Crippen LogP contribution in [0.2, 0.25) is 0 Å². The smallest absolute Gasteiger partial charge is 0.123 e. The van der Waals surface area contributed by atoms with E-state index < -0.39 is 0 Å². The molecule has 0 saturated heterocycles. The van der Waals surface area contributed by atoms with E-state index in [0.29, 0.717) is 6.42 Å². The molecule has 0 N–H and O–H groups in total. The molecular weight excluding hydrogens is 294 g/mol. The summed E-state index contributed by atoms with van der Waals surface area (Å²) in [5.41, 5.74) is 3.87. The van der Waals surface area contributed by atoms with Crippen molar-refractivity contribution in [3.8, 4) is 12.3 Å². The van der Waals surface area contributed by atoms with Gasteiger partial charge in [0.2, 0.25) is 0 Å². The van der Waals surface area contributed by atoms with Crippen molar-refractivity contribution in [2.75, 3.05) is 4.90 Å². The van der Waals surface area contributed by atoms with Crippen LogP contribution in [-0.2, 0) is 4.79 Å². The summed E-state index contributed by atoms with van der Waals surface area (Å²) < 4.78 is 0. The largest absolute Gasteiger partial charge is 0.303 e. The van der Waals surface area contributed by atoms with Gasteiger partial charge in [0, 0.05) is 17.8 Å². The van der Waals surface area contributed by atoms with Gasteiger partial charge in [-0.3, -0.25) is 0 Å². The van der Waals surface area contributed by atoms with E-state index in [1.807, 2.05) is 55.5 Å². The Morgan fingerprint density at radius 1 is 1.33 bits per heavy atom. The van der Waals surface area contributed by atoms with Crippen LogP contribution in [-0.4, -0.2) is 6.29 Å². The highest BCUT2D eigenvalue weighted by Crippen LogP contribution is 2.28. The number of benzene rings is 1. The lowest BCUT2D eigenvalue weighted by molar-refractivity contribution is -0.107. The van der Waals surface area contributed by atoms with Gasteiger partial charge in [0.1, 0.15) is 6.29 Å². The van der Waals surface area contributed by atoms with Gasteiger partial charge in [-0.05, 0) is 44.1 Å². The van der Waals surface area contributed by atoms with Crippen LogP contribution < -0.4 is 4.90 Å². The third-order valence-electron chi connectivity index (χ3n) is 3.38. The van der Waals surface area contributed by atoms with Crippen LogP contribution >= 0.6 is 0 Å². The van der Waals surface area contributed by atoms with Crippen LogP contribution in [0.1, 0.15) is 32.3 Å². The number of para-hydroxylation sites is 1. The minimum atomic E-state index is 0.382. The van der Waals surface area contributed by atoms with E-state index in [0.717, 1.165) is 35.4 Å². The fourth-order valence-corrected chi connectivity index (χ4v) is 2.28. The Morgan fingerprint density at radius 2 is 2.08 bits per heavy atom. The Bertz CT molecular complexity index is 699. The minimum Gasteiger partial charge on any atom is -0.303 e. The molecule has 0 aromatic heterocycles. The molecule has 124 valence electrons. The highest BCUT2D eigenvalue weighted by Gasteiger charge is 2.15. The molecule has 0 aliphatic carbocycles. The molecule has 1 aromatic carbocycles. The van der Waals surface area contributed by atoms with Gasteiger partial charge in [0.25, 0.3) is 0 Å². The van der Waals surface area contributed by atoms with Crippen LogP contribution in [0.25, 0.3) is 0 Å². The van der Waals surface area contributed by atoms with Crippen LogP contribution in [0.15, 0.2) is 72.1 Å². The molecule has 0 heterocycles. The Kier molecular flexibility index (Phi) is 8.71. The zero-order valence-corrected chi connectivity index (χ0v) is 14.7. The molecule has 0 spiro atoms. The molecule has 0 saturated carbocycles. The van der Waals surface area contributed by atoms with Gasteiger partial charge in [0.05, 0.1) is 5.70 Å². The summed E-state index contributed by atoms with van der Waals surface area (Å²) in [4.78, 5) is 12.7. The quantitative estimate of drug-likeness (QED) is 0.366. The third-order valence-corrected chi connectivity index (χ3v) is 3.38. The van der Waals surface area contributed by atoms with E-state index in [1.165, 1.54) is 0 Å². The summed E-state index contributed by atoms with van der Waals surface area (Å²) >= 11 is 0. The molecule has 0 bridgehead atoms. The Balaban J connectivity index is 3.51. The zero-order chi connectivity index (χ0) is 17.8. The second kappa shape index (κ2) is 10.9. The third kappa shape index (κ3) is 5.44. The van der Waals surface area contributed by atoms with Crippen LogP contribution in [0, 0.1) is 19.3 Å². The van der Waals surface area contributed by atoms with E-state index in [1.54, 1.807) is 0 Å². The van der Waals surface area contributed by atoms with Crippen molar-refractivity contribution in [3.05, 3.63) is 77.7 Å². The van der Waals surface area contributed by atoms with E-state index in [2.05, 4.69) is 36.8 Å². The maximum Gasteiger partial charge on any atom is 0.123 e. The maximum atomic E-state index is 10.6. The van der Waals surface area contributed by atoms with Crippen molar-refractivity contribution in [2.45, 2.75) is 33.6 Å². The number of hydrogen-bond acceptors (Lipinski definition) is 2. The lowest BCUT2D eigenvalue weighted by Crippen LogP contribution is -2.21. The highest BCUT2D eigenvalue weighted by atomic mass is 16.1. The summed E-state index contributed by atoms with van der Waals surface area (Å²) in [6, 6.07) is 8.11. The Morgan fingerprint density at radius 3 is 2.67 bits per heavy atom. The van der Waals surface area contributed by atoms with Gasteiger partial charge in [-0.25, -0.2) is 0 Å². The molecule has 1 aromatic rings. The Hall–Kier alpha value is -2.79. The molecule has 0 aliphatic heterocycles. The lowest BCUT2D eigenvalue weighted by atomic mass is 10.1. The predicted molar refractivity (Wildman–Crippen MR) is 104 cm³/mol. The molecule has 0 unspecified atom stereocenters. The number of anilines is 1. The molecule has 0 fully saturated rings. The molecule has 1 rings (SSSR count). The summed E-state index contributed by atoms with van der Waals surface area (Å²) in [5, 5.41) is 0. The van der Waals surface area contributed by atoms with Crippen molar-refractivity contribution < 1.29 is 4.79 Å². The maximum absolute atomic E-state index is 10.6. The first-order chi connectivity index (χ1) is 11.7.